The van der Waals surface area contributed by atoms with Gasteiger partial charge in [0.05, 0.1) is 32.2 Å². The summed E-state index contributed by atoms with van der Waals surface area (Å²) in [7, 11) is 1.60. The molecule has 32 heavy (non-hydrogen) atoms. The summed E-state index contributed by atoms with van der Waals surface area (Å²) in [6.07, 6.45) is 5.42. The number of methoxy groups -OCH3 is 1. The molecule has 3 rings (SSSR count). The van der Waals surface area contributed by atoms with E-state index in [9.17, 15) is 4.79 Å². The number of ether oxygens (including phenoxy) is 2. The SMILES string of the molecule is CCCCCNc1nc(N)nc2ccn(Cc3ccc(CC(=O)OCCO)cc3OC)c12. The van der Waals surface area contributed by atoms with Gasteiger partial charge in [-0.15, -0.1) is 0 Å². The number of aliphatic hydroxyl groups excluding tert-OH is 1. The molecule has 0 aliphatic rings. The van der Waals surface area contributed by atoms with Crippen molar-refractivity contribution in [3.63, 3.8) is 0 Å². The largest absolute Gasteiger partial charge is 0.496 e. The van der Waals surface area contributed by atoms with Crippen LogP contribution in [-0.4, -0.2) is 52.5 Å². The van der Waals surface area contributed by atoms with Crippen LogP contribution in [0.15, 0.2) is 30.5 Å². The number of esters is 1. The third-order valence-electron chi connectivity index (χ3n) is 5.10. The van der Waals surface area contributed by atoms with Crippen LogP contribution in [0.2, 0.25) is 0 Å². The quantitative estimate of drug-likeness (QED) is 0.289. The second kappa shape index (κ2) is 11.3. The Balaban J connectivity index is 1.83. The molecule has 0 spiro atoms. The fourth-order valence-corrected chi connectivity index (χ4v) is 3.55. The molecule has 2 aromatic heterocycles. The van der Waals surface area contributed by atoms with Gasteiger partial charge >= 0.3 is 5.97 Å². The van der Waals surface area contributed by atoms with Crippen molar-refractivity contribution in [2.24, 2.45) is 0 Å². The summed E-state index contributed by atoms with van der Waals surface area (Å²) in [5.41, 5.74) is 9.29. The van der Waals surface area contributed by atoms with Gasteiger partial charge in [-0.1, -0.05) is 31.9 Å². The number of aliphatic hydroxyl groups is 1. The van der Waals surface area contributed by atoms with E-state index in [0.717, 1.165) is 53.8 Å². The monoisotopic (exact) mass is 441 g/mol. The highest BCUT2D eigenvalue weighted by Gasteiger charge is 2.14. The molecule has 4 N–H and O–H groups in total. The molecule has 2 heterocycles. The van der Waals surface area contributed by atoms with Crippen molar-refractivity contribution in [2.75, 3.05) is 37.9 Å². The second-order valence-electron chi connectivity index (χ2n) is 7.51. The second-order valence-corrected chi connectivity index (χ2v) is 7.51. The minimum atomic E-state index is -0.390. The van der Waals surface area contributed by atoms with Crippen molar-refractivity contribution in [2.45, 2.75) is 39.2 Å². The van der Waals surface area contributed by atoms with E-state index in [4.69, 9.17) is 20.3 Å². The van der Waals surface area contributed by atoms with E-state index in [1.54, 1.807) is 7.11 Å². The van der Waals surface area contributed by atoms with Gasteiger partial charge in [0.15, 0.2) is 5.82 Å². The van der Waals surface area contributed by atoms with E-state index < -0.39 is 5.97 Å². The van der Waals surface area contributed by atoms with Crippen LogP contribution in [0.3, 0.4) is 0 Å². The summed E-state index contributed by atoms with van der Waals surface area (Å²) in [6, 6.07) is 7.57. The fraction of sp³-hybridized carbons (Fsp3) is 0.435. The molecular formula is C23H31N5O4. The molecule has 0 aliphatic heterocycles. The molecular weight excluding hydrogens is 410 g/mol. The predicted octanol–water partition coefficient (Wildman–Crippen LogP) is 2.75. The van der Waals surface area contributed by atoms with E-state index in [1.165, 1.54) is 0 Å². The third-order valence-corrected chi connectivity index (χ3v) is 5.10. The fourth-order valence-electron chi connectivity index (χ4n) is 3.55. The van der Waals surface area contributed by atoms with Crippen LogP contribution in [0, 0.1) is 0 Å². The van der Waals surface area contributed by atoms with Crippen LogP contribution in [0.4, 0.5) is 11.8 Å². The Labute approximate surface area is 187 Å². The zero-order valence-electron chi connectivity index (χ0n) is 18.6. The molecule has 0 fully saturated rings. The Hall–Kier alpha value is -3.33. The zero-order chi connectivity index (χ0) is 22.9. The number of unbranched alkanes of at least 4 members (excludes halogenated alkanes) is 2. The summed E-state index contributed by atoms with van der Waals surface area (Å²) in [5, 5.41) is 12.2. The van der Waals surface area contributed by atoms with Crippen LogP contribution < -0.4 is 15.8 Å². The number of benzene rings is 1. The standard InChI is InChI=1S/C23H31N5O4/c1-3-4-5-9-25-22-21-18(26-23(24)27-22)8-10-28(21)15-17-7-6-16(13-19(17)31-2)14-20(30)32-12-11-29/h6-8,10,13,29H,3-5,9,11-12,14-15H2,1-2H3,(H3,24,25,26,27). The highest BCUT2D eigenvalue weighted by Crippen LogP contribution is 2.27. The molecule has 0 saturated carbocycles. The van der Waals surface area contributed by atoms with Crippen molar-refractivity contribution in [1.29, 1.82) is 0 Å². The molecule has 0 unspecified atom stereocenters. The van der Waals surface area contributed by atoms with E-state index in [1.807, 2.05) is 30.5 Å². The minimum Gasteiger partial charge on any atom is -0.496 e. The molecule has 1 aromatic carbocycles. The highest BCUT2D eigenvalue weighted by molar-refractivity contribution is 5.87. The van der Waals surface area contributed by atoms with E-state index in [-0.39, 0.29) is 25.6 Å². The molecule has 0 atom stereocenters. The number of nitrogen functional groups attached to an aromatic ring is 1. The zero-order valence-corrected chi connectivity index (χ0v) is 18.6. The van der Waals surface area contributed by atoms with E-state index in [2.05, 4.69) is 26.8 Å². The average molecular weight is 442 g/mol. The van der Waals surface area contributed by atoms with Gasteiger partial charge in [-0.05, 0) is 24.1 Å². The molecule has 0 saturated heterocycles. The number of carbonyl (C=O) groups is 1. The van der Waals surface area contributed by atoms with Gasteiger partial charge < -0.3 is 30.2 Å². The normalized spacial score (nSPS) is 11.0. The third kappa shape index (κ3) is 5.88. The Morgan fingerprint density at radius 1 is 1.25 bits per heavy atom. The Morgan fingerprint density at radius 3 is 2.84 bits per heavy atom. The number of fused-ring (bicyclic) bond motifs is 1. The number of hydrogen-bond donors (Lipinski definition) is 3. The van der Waals surface area contributed by atoms with Crippen molar-refractivity contribution >= 4 is 28.8 Å². The molecule has 0 aliphatic carbocycles. The molecule has 9 nitrogen and oxygen atoms in total. The lowest BCUT2D eigenvalue weighted by molar-refractivity contribution is -0.143. The van der Waals surface area contributed by atoms with Gasteiger partial charge in [-0.2, -0.15) is 4.98 Å². The van der Waals surface area contributed by atoms with Gasteiger partial charge in [-0.25, -0.2) is 4.98 Å². The maximum absolute atomic E-state index is 11.8. The summed E-state index contributed by atoms with van der Waals surface area (Å²) in [4.78, 5) is 20.6. The maximum atomic E-state index is 11.8. The topological polar surface area (TPSA) is 125 Å². The van der Waals surface area contributed by atoms with Crippen LogP contribution in [0.5, 0.6) is 5.75 Å². The number of nitrogens with one attached hydrogen (secondary N) is 1. The van der Waals surface area contributed by atoms with Crippen molar-refractivity contribution in [3.05, 3.63) is 41.6 Å². The summed E-state index contributed by atoms with van der Waals surface area (Å²) >= 11 is 0. The van der Waals surface area contributed by atoms with Gasteiger partial charge in [0.1, 0.15) is 17.9 Å². The Bertz CT molecular complexity index is 1050. The van der Waals surface area contributed by atoms with E-state index >= 15 is 0 Å². The molecule has 3 aromatic rings. The summed E-state index contributed by atoms with van der Waals surface area (Å²) in [6.45, 7) is 3.33. The number of hydrogen-bond acceptors (Lipinski definition) is 8. The number of carbonyl (C=O) groups excluding carboxylic acids is 1. The lowest BCUT2D eigenvalue weighted by Crippen LogP contribution is -2.11. The molecule has 0 bridgehead atoms. The van der Waals surface area contributed by atoms with Crippen molar-refractivity contribution < 1.29 is 19.4 Å². The number of anilines is 2. The number of aromatic nitrogens is 3. The van der Waals surface area contributed by atoms with Crippen LogP contribution >= 0.6 is 0 Å². The number of nitrogens with zero attached hydrogens (tertiary/aromatic N) is 3. The maximum Gasteiger partial charge on any atom is 0.310 e. The molecule has 172 valence electrons. The summed E-state index contributed by atoms with van der Waals surface area (Å²) in [5.74, 6) is 1.24. The van der Waals surface area contributed by atoms with Crippen LogP contribution in [0.25, 0.3) is 11.0 Å². The van der Waals surface area contributed by atoms with Crippen molar-refractivity contribution in [3.8, 4) is 5.75 Å². The first kappa shape index (κ1) is 23.3. The van der Waals surface area contributed by atoms with Gasteiger partial charge in [-0.3, -0.25) is 4.79 Å². The predicted molar refractivity (Wildman–Crippen MR) is 124 cm³/mol. The van der Waals surface area contributed by atoms with Crippen molar-refractivity contribution in [1.82, 2.24) is 14.5 Å². The van der Waals surface area contributed by atoms with Gasteiger partial charge in [0, 0.05) is 18.3 Å². The number of nitrogens with two attached hydrogens (primary N) is 1. The minimum absolute atomic E-state index is 0.00382. The van der Waals surface area contributed by atoms with Gasteiger partial charge in [0.25, 0.3) is 0 Å². The lowest BCUT2D eigenvalue weighted by Gasteiger charge is -2.14. The highest BCUT2D eigenvalue weighted by atomic mass is 16.5. The first-order valence-electron chi connectivity index (χ1n) is 10.8. The van der Waals surface area contributed by atoms with Crippen LogP contribution in [-0.2, 0) is 22.5 Å². The van der Waals surface area contributed by atoms with Gasteiger partial charge in [0.2, 0.25) is 5.95 Å². The first-order chi connectivity index (χ1) is 15.5. The smallest absolute Gasteiger partial charge is 0.310 e. The number of rotatable bonds is 12. The Kier molecular flexibility index (Phi) is 8.27. The Morgan fingerprint density at radius 2 is 2.09 bits per heavy atom. The molecule has 9 heteroatoms. The molecule has 0 amide bonds. The summed E-state index contributed by atoms with van der Waals surface area (Å²) < 4.78 is 12.6. The average Bonchev–Trinajstić information content (AvgIpc) is 3.18. The molecule has 0 radical (unpaired) electrons. The first-order valence-corrected chi connectivity index (χ1v) is 10.8. The van der Waals surface area contributed by atoms with E-state index in [0.29, 0.717) is 12.3 Å². The lowest BCUT2D eigenvalue weighted by atomic mass is 10.1. The van der Waals surface area contributed by atoms with Crippen LogP contribution in [0.1, 0.15) is 37.3 Å².